The van der Waals surface area contributed by atoms with Crippen molar-refractivity contribution < 1.29 is 92.0 Å². The average Bonchev–Trinajstić information content (AvgIpc) is 1.71. The standard InChI is InChI=1S/C89H123N23O19S2/c1-7-8-21-70-88(131)112-33-16-24-69(112)81(124)100-58(20-13-30-95-89(92)93)77(120)107-66(76(119)97-42-73(91)116)45-132-46-74(117)99-62(35-50-26-28-54(114)29-27-50)84(127)108(5)49(4)75(118)103-64(39-72(90)115)87(130)111-32-15-23-68(111)83(126)102-60(38-53-41-94-47-98-53)79(122)104-61(34-48(2)3)86(129)110-31-14-22-67(110)82(125)101-59(36-51-40-96-57-19-11-9-17-55(51)57)78(121)106-65(43-113)80(123)105-63(85(128)109(70)6)37-52-44-133-71-25-12-10-18-56(52)71/h9-12,17-19,25-29,40-41,44,47-49,58-70,88,96,113-114,131H,7-8,13-16,20-24,30-39,42-43,45-46H2,1-6H3,(H2,90,115)(H2,91,116)(H,94,98)(H,97,119)(H,99,117)(H,100,124)(H,101,125)(H,102,126)(H,103,118)(H,104,122)(H,105,123)(H,106,121)(H,107,120)(H4,92,93,95)/t49-,58-,59-,60-,61-,62-,63-,64-,65-,66-,67-,68-,69+,70-,88?/m0/s1. The van der Waals surface area contributed by atoms with Gasteiger partial charge in [-0.1, -0.05) is 82.1 Å². The lowest BCUT2D eigenvalue weighted by Crippen LogP contribution is -2.62. The number of aliphatic hydroxyl groups is 2. The molecule has 0 saturated carbocycles. The van der Waals surface area contributed by atoms with Gasteiger partial charge in [-0.3, -0.25) is 87.0 Å². The molecular weight excluding hydrogens is 1760 g/mol. The number of nitrogens with one attached hydrogen (secondary N) is 14. The van der Waals surface area contributed by atoms with E-state index in [1.165, 1.54) is 83.8 Å². The van der Waals surface area contributed by atoms with Crippen LogP contribution >= 0.6 is 23.1 Å². The van der Waals surface area contributed by atoms with Gasteiger partial charge in [0, 0.05) is 105 Å². The van der Waals surface area contributed by atoms with Crippen molar-refractivity contribution in [1.29, 1.82) is 5.41 Å². The Hall–Kier alpha value is -12.8. The van der Waals surface area contributed by atoms with Gasteiger partial charge in [-0.25, -0.2) is 4.98 Å². The Morgan fingerprint density at radius 2 is 1.14 bits per heavy atom. The van der Waals surface area contributed by atoms with Gasteiger partial charge in [0.15, 0.2) is 5.96 Å². The number of primary amides is 2. The molecule has 10 rings (SSSR count). The van der Waals surface area contributed by atoms with Crippen LogP contribution in [-0.4, -0.2) is 311 Å². The molecule has 0 radical (unpaired) electrons. The molecule has 4 saturated heterocycles. The first-order valence-corrected chi connectivity index (χ1v) is 46.7. The number of aliphatic hydroxyl groups excluding tert-OH is 2. The normalized spacial score (nSPS) is 25.5. The maximum absolute atomic E-state index is 15.7. The summed E-state index contributed by atoms with van der Waals surface area (Å²) in [5.41, 5.74) is 19.4. The maximum atomic E-state index is 15.7. The van der Waals surface area contributed by atoms with Gasteiger partial charge in [0.2, 0.25) is 94.5 Å². The topological polar surface area (TPSA) is 629 Å². The summed E-state index contributed by atoms with van der Waals surface area (Å²) in [6.45, 7) is 5.04. The van der Waals surface area contributed by atoms with Gasteiger partial charge in [0.25, 0.3) is 0 Å². The van der Waals surface area contributed by atoms with E-state index in [9.17, 15) is 58.5 Å². The molecule has 3 aromatic heterocycles. The van der Waals surface area contributed by atoms with Crippen LogP contribution in [0.4, 0.5) is 0 Å². The van der Waals surface area contributed by atoms with Crippen LogP contribution in [0.2, 0.25) is 0 Å². The molecule has 3 aromatic carbocycles. The molecule has 42 nitrogen and oxygen atoms in total. The summed E-state index contributed by atoms with van der Waals surface area (Å²) in [6, 6.07) is -0.345. The van der Waals surface area contributed by atoms with Gasteiger partial charge in [0.1, 0.15) is 84.5 Å². The Labute approximate surface area is 776 Å². The first-order chi connectivity index (χ1) is 63.5. The van der Waals surface area contributed by atoms with Gasteiger partial charge >= 0.3 is 0 Å². The molecule has 133 heavy (non-hydrogen) atoms. The SMILES string of the molecule is CCCC[C@H]1C(O)N2CCC[C@@H]2C(=O)N[C@@H](CCCNC(=N)N)C(=O)N[C@H](C(=O)NCC(N)=O)CSCC(=O)N[C@@H](Cc2ccc(O)cc2)C(=O)N(C)[C@@H](C)C(=O)N[C@@H](CC(N)=O)C(=O)N2CCC[C@H]2C(=O)N[C@@H](Cc2cnc[nH]2)C(=O)N[C@@H](CC(C)C)C(=O)N2CCC[C@H]2C(=O)N[C@@H](Cc2c[nH]c3ccccc23)C(=O)N[C@@H](CO)C(=O)N[C@@H](Cc2csc3ccccc23)C(=O)N1C. The molecule has 7 heterocycles. The molecule has 1 unspecified atom stereocenters. The fourth-order valence-electron chi connectivity index (χ4n) is 17.1. The lowest BCUT2D eigenvalue weighted by atomic mass is 10.00. The molecule has 4 fully saturated rings. The van der Waals surface area contributed by atoms with E-state index in [1.807, 2.05) is 30.5 Å². The molecule has 23 N–H and O–H groups in total. The molecule has 44 heteroatoms. The van der Waals surface area contributed by atoms with Crippen molar-refractivity contribution in [2.45, 2.75) is 228 Å². The Balaban J connectivity index is 1.00. The lowest BCUT2D eigenvalue weighted by molar-refractivity contribution is -0.147. The largest absolute Gasteiger partial charge is 0.508 e. The zero-order valence-corrected chi connectivity index (χ0v) is 76.9. The van der Waals surface area contributed by atoms with Gasteiger partial charge in [-0.15, -0.1) is 23.1 Å². The first kappa shape index (κ1) is 102. The van der Waals surface area contributed by atoms with E-state index in [4.69, 9.17) is 22.6 Å². The summed E-state index contributed by atoms with van der Waals surface area (Å²) >= 11 is 2.16. The van der Waals surface area contributed by atoms with Crippen LogP contribution in [0.1, 0.15) is 134 Å². The van der Waals surface area contributed by atoms with Crippen molar-refractivity contribution >= 4 is 145 Å². The second-order valence-corrected chi connectivity index (χ2v) is 36.4. The van der Waals surface area contributed by atoms with E-state index in [0.717, 1.165) is 31.6 Å². The van der Waals surface area contributed by atoms with E-state index in [-0.39, 0.29) is 121 Å². The minimum atomic E-state index is -1.81. The number of likely N-dealkylation sites (N-methyl/N-ethyl adjacent to an activating group) is 2. The average molecular weight is 1880 g/mol. The number of rotatable bonds is 23. The van der Waals surface area contributed by atoms with Gasteiger partial charge < -0.3 is 121 Å². The summed E-state index contributed by atoms with van der Waals surface area (Å²) in [5.74, 6) is -16.1. The zero-order chi connectivity index (χ0) is 96.4. The lowest BCUT2D eigenvalue weighted by Gasteiger charge is -2.40. The minimum absolute atomic E-state index is 0.00170. The number of amides is 16. The van der Waals surface area contributed by atoms with Gasteiger partial charge in [-0.2, -0.15) is 0 Å². The number of H-pyrrole nitrogens is 2. The highest BCUT2D eigenvalue weighted by Crippen LogP contribution is 2.31. The van der Waals surface area contributed by atoms with Crippen LogP contribution in [0.25, 0.3) is 21.0 Å². The van der Waals surface area contributed by atoms with Crippen molar-refractivity contribution in [2.75, 3.05) is 64.9 Å². The Bertz CT molecular complexity index is 5150. The number of benzene rings is 3. The van der Waals surface area contributed by atoms with Crippen LogP contribution in [0.5, 0.6) is 5.75 Å². The third-order valence-electron chi connectivity index (χ3n) is 24.3. The summed E-state index contributed by atoms with van der Waals surface area (Å²) in [7, 11) is 2.67. The molecule has 4 aliphatic heterocycles. The van der Waals surface area contributed by atoms with Crippen LogP contribution in [0.3, 0.4) is 0 Å². The second-order valence-electron chi connectivity index (χ2n) is 34.4. The molecule has 15 atom stereocenters. The summed E-state index contributed by atoms with van der Waals surface area (Å²) in [5, 5.41) is 74.9. The highest BCUT2D eigenvalue weighted by molar-refractivity contribution is 8.00. The molecule has 720 valence electrons. The number of carbonyl (C=O) groups excluding carboxylic acids is 16. The predicted molar refractivity (Wildman–Crippen MR) is 492 cm³/mol. The monoisotopic (exact) mass is 1880 g/mol. The van der Waals surface area contributed by atoms with Gasteiger partial charge in [0.05, 0.1) is 43.7 Å². The number of phenols is 1. The number of nitrogens with zero attached hydrogens (tertiary/aromatic N) is 6. The van der Waals surface area contributed by atoms with Gasteiger partial charge in [-0.05, 0) is 129 Å². The van der Waals surface area contributed by atoms with Crippen molar-refractivity contribution in [1.82, 2.24) is 97.9 Å². The highest BCUT2D eigenvalue weighted by Gasteiger charge is 2.47. The van der Waals surface area contributed by atoms with Crippen LogP contribution in [0.15, 0.2) is 96.9 Å². The number of nitrogens with two attached hydrogens (primary N) is 3. The van der Waals surface area contributed by atoms with Crippen molar-refractivity contribution in [3.8, 4) is 5.75 Å². The number of aromatic hydroxyl groups is 1. The fraction of sp³-hybridized carbons (Fsp3) is 0.528. The number of hydrogen-bond donors (Lipinski definition) is 20. The third-order valence-corrected chi connectivity index (χ3v) is 26.3. The number of thiophene rings is 1. The van der Waals surface area contributed by atoms with E-state index in [1.54, 1.807) is 50.4 Å². The molecule has 4 aliphatic rings. The highest BCUT2D eigenvalue weighted by atomic mass is 32.2. The molecule has 6 aromatic rings. The van der Waals surface area contributed by atoms with E-state index in [2.05, 4.69) is 73.4 Å². The summed E-state index contributed by atoms with van der Waals surface area (Å²) in [6.07, 6.45) is 3.11. The molecule has 0 bridgehead atoms. The number of para-hydroxylation sites is 1. The Morgan fingerprint density at radius 3 is 1.78 bits per heavy atom. The number of hydrogen-bond acceptors (Lipinski definition) is 24. The van der Waals surface area contributed by atoms with Crippen LogP contribution in [0, 0.1) is 11.3 Å². The predicted octanol–water partition coefficient (Wildman–Crippen LogP) is -2.40. The number of aromatic nitrogens is 3. The Morgan fingerprint density at radius 1 is 0.579 bits per heavy atom. The number of unbranched alkanes of at least 4 members (excludes halogenated alkanes) is 1. The van der Waals surface area contributed by atoms with Crippen LogP contribution in [-0.2, 0) is 102 Å². The molecular formula is C89H123N23O19S2. The van der Waals surface area contributed by atoms with E-state index in [0.29, 0.717) is 52.5 Å². The van der Waals surface area contributed by atoms with Crippen molar-refractivity contribution in [3.63, 3.8) is 0 Å². The fourth-order valence-corrected chi connectivity index (χ4v) is 18.9. The minimum Gasteiger partial charge on any atom is -0.508 e. The number of imidazole rings is 1. The number of fused-ring (bicyclic) bond motifs is 5. The summed E-state index contributed by atoms with van der Waals surface area (Å²) in [4.78, 5) is 251. The number of guanidine groups is 1. The molecule has 16 amide bonds. The number of thioether (sulfide) groups is 1. The molecule has 0 spiro atoms. The second kappa shape index (κ2) is 48.5. The molecule has 0 aliphatic carbocycles. The Kier molecular flexibility index (Phi) is 37.3. The quantitative estimate of drug-likeness (QED) is 0.0181. The first-order valence-electron chi connectivity index (χ1n) is 44.7. The zero-order valence-electron chi connectivity index (χ0n) is 75.3. The van der Waals surface area contributed by atoms with Crippen molar-refractivity contribution in [3.05, 3.63) is 119 Å². The smallest absolute Gasteiger partial charge is 0.246 e. The number of aromatic amines is 2. The summed E-state index contributed by atoms with van der Waals surface area (Å²) < 4.78 is 0.845. The van der Waals surface area contributed by atoms with Crippen molar-refractivity contribution in [2.24, 2.45) is 23.1 Å². The maximum Gasteiger partial charge on any atom is 0.246 e. The third kappa shape index (κ3) is 27.9. The number of phenolic OH excluding ortho intramolecular Hbond substituents is 1. The number of carbonyl (C=O) groups is 16. The van der Waals surface area contributed by atoms with E-state index >= 15 is 33.6 Å². The van der Waals surface area contributed by atoms with Crippen LogP contribution < -0.4 is 75.7 Å². The van der Waals surface area contributed by atoms with E-state index < -0.39 is 222 Å².